The van der Waals surface area contributed by atoms with Crippen LogP contribution in [0, 0.1) is 0 Å². The Labute approximate surface area is 102 Å². The van der Waals surface area contributed by atoms with Gasteiger partial charge in [-0.3, -0.25) is 0 Å². The summed E-state index contributed by atoms with van der Waals surface area (Å²) in [5.74, 6) is 0. The summed E-state index contributed by atoms with van der Waals surface area (Å²) in [7, 11) is 0. The molecular formula is C10H17O2PS2. The lowest BCUT2D eigenvalue weighted by atomic mass is 10.0. The highest BCUT2D eigenvalue weighted by molar-refractivity contribution is 8.59. The molecule has 86 valence electrons. The van der Waals surface area contributed by atoms with Gasteiger partial charge in [-0.25, -0.2) is 0 Å². The maximum Gasteiger partial charge on any atom is 0.239 e. The van der Waals surface area contributed by atoms with Gasteiger partial charge >= 0.3 is 0 Å². The lowest BCUT2D eigenvalue weighted by Gasteiger charge is -2.02. The molecule has 0 bridgehead atoms. The van der Waals surface area contributed by atoms with Crippen molar-refractivity contribution in [3.8, 4) is 0 Å². The number of aryl methyl sites for hydroxylation is 2. The lowest BCUT2D eigenvalue weighted by Crippen LogP contribution is -1.88. The van der Waals surface area contributed by atoms with Gasteiger partial charge in [0, 0.05) is 0 Å². The Kier molecular flexibility index (Phi) is 7.49. The highest BCUT2D eigenvalue weighted by Gasteiger charge is 1.93. The maximum atomic E-state index is 7.87. The van der Waals surface area contributed by atoms with E-state index in [2.05, 4.69) is 62.2 Å². The Bertz CT molecular complexity index is 305. The second-order valence-electron chi connectivity index (χ2n) is 2.99. The maximum absolute atomic E-state index is 7.87. The molecule has 0 fully saturated rings. The zero-order valence-electron chi connectivity index (χ0n) is 8.92. The molecule has 0 saturated carbocycles. The van der Waals surface area contributed by atoms with Gasteiger partial charge in [0.15, 0.2) is 0 Å². The Morgan fingerprint density at radius 2 is 1.40 bits per heavy atom. The second kappa shape index (κ2) is 7.42. The fourth-order valence-corrected chi connectivity index (χ4v) is 1.25. The van der Waals surface area contributed by atoms with Crippen LogP contribution in [0.5, 0.6) is 0 Å². The fraction of sp³-hybridized carbons (Fsp3) is 0.400. The molecule has 2 nitrogen and oxygen atoms in total. The molecule has 0 atom stereocenters. The van der Waals surface area contributed by atoms with Crippen LogP contribution in [-0.4, -0.2) is 9.79 Å². The molecule has 0 heterocycles. The summed E-state index contributed by atoms with van der Waals surface area (Å²) >= 11 is 7.07. The molecular weight excluding hydrogens is 247 g/mol. The first kappa shape index (κ1) is 15.1. The molecule has 15 heavy (non-hydrogen) atoms. The van der Waals surface area contributed by atoms with E-state index in [-0.39, 0.29) is 0 Å². The minimum atomic E-state index is -3.11. The van der Waals surface area contributed by atoms with E-state index in [1.807, 2.05) is 0 Å². The van der Waals surface area contributed by atoms with Gasteiger partial charge < -0.3 is 9.79 Å². The Morgan fingerprint density at radius 1 is 1.13 bits per heavy atom. The van der Waals surface area contributed by atoms with Crippen molar-refractivity contribution in [2.75, 3.05) is 0 Å². The van der Waals surface area contributed by atoms with Crippen molar-refractivity contribution in [2.24, 2.45) is 0 Å². The quantitative estimate of drug-likeness (QED) is 0.568. The molecule has 0 aliphatic carbocycles. The highest BCUT2D eigenvalue weighted by atomic mass is 32.9. The van der Waals surface area contributed by atoms with E-state index in [1.165, 1.54) is 11.1 Å². The molecule has 2 N–H and O–H groups in total. The minimum absolute atomic E-state index is 1.16. The van der Waals surface area contributed by atoms with Crippen LogP contribution in [0.25, 0.3) is 0 Å². The van der Waals surface area contributed by atoms with Crippen LogP contribution in [0.15, 0.2) is 24.3 Å². The van der Waals surface area contributed by atoms with Crippen molar-refractivity contribution in [3.63, 3.8) is 0 Å². The topological polar surface area (TPSA) is 40.5 Å². The molecule has 0 saturated heterocycles. The smallest absolute Gasteiger partial charge is 0.239 e. The van der Waals surface area contributed by atoms with Crippen LogP contribution in [0.4, 0.5) is 0 Å². The summed E-state index contributed by atoms with van der Waals surface area (Å²) in [6.45, 7) is 4.41. The molecule has 0 unspecified atom stereocenters. The summed E-state index contributed by atoms with van der Waals surface area (Å²) in [4.78, 5) is 15.7. The van der Waals surface area contributed by atoms with Crippen molar-refractivity contribution in [1.82, 2.24) is 0 Å². The third-order valence-corrected chi connectivity index (χ3v) is 1.88. The van der Waals surface area contributed by atoms with E-state index < -0.39 is 5.69 Å². The molecule has 1 aromatic carbocycles. The number of rotatable bonds is 2. The summed E-state index contributed by atoms with van der Waals surface area (Å²) in [6.07, 6.45) is 2.31. The average molecular weight is 264 g/mol. The molecule has 1 rings (SSSR count). The predicted molar refractivity (Wildman–Crippen MR) is 72.9 cm³/mol. The van der Waals surface area contributed by atoms with Crippen LogP contribution in [0.2, 0.25) is 0 Å². The van der Waals surface area contributed by atoms with Gasteiger partial charge in [0.2, 0.25) is 5.69 Å². The van der Waals surface area contributed by atoms with Crippen molar-refractivity contribution in [3.05, 3.63) is 35.4 Å². The van der Waals surface area contributed by atoms with Crippen LogP contribution >= 0.6 is 17.9 Å². The molecule has 1 aromatic rings. The normalized spacial score (nSPS) is 10.5. The van der Waals surface area contributed by atoms with Gasteiger partial charge in [-0.05, 0) is 35.8 Å². The molecule has 5 heteroatoms. The standard InChI is InChI=1S/C10H14.H3O2PS2/c1-3-9-7-5-6-8-10(9)4-2;1-3(2,4)5/h5-8H,3-4H2,1-2H3;(H3,1,2,4,5). The predicted octanol–water partition coefficient (Wildman–Crippen LogP) is 2.94. The molecule has 0 aliphatic rings. The molecule has 0 radical (unpaired) electrons. The second-order valence-corrected chi connectivity index (χ2v) is 8.03. The van der Waals surface area contributed by atoms with Crippen molar-refractivity contribution in [1.29, 1.82) is 0 Å². The van der Waals surface area contributed by atoms with E-state index in [4.69, 9.17) is 9.79 Å². The number of hydrogen-bond donors (Lipinski definition) is 3. The van der Waals surface area contributed by atoms with Gasteiger partial charge in [-0.15, -0.1) is 0 Å². The average Bonchev–Trinajstić information content (AvgIpc) is 2.15. The van der Waals surface area contributed by atoms with Gasteiger partial charge in [0.05, 0.1) is 0 Å². The van der Waals surface area contributed by atoms with E-state index in [1.54, 1.807) is 0 Å². The Balaban J connectivity index is 0.000000336. The monoisotopic (exact) mass is 264 g/mol. The number of hydrogen-bond acceptors (Lipinski definition) is 1. The first-order valence-corrected chi connectivity index (χ1v) is 8.59. The molecule has 0 amide bonds. The first-order chi connectivity index (χ1) is 6.88. The zero-order valence-corrected chi connectivity index (χ0v) is 11.5. The van der Waals surface area contributed by atoms with E-state index >= 15 is 0 Å². The summed E-state index contributed by atoms with van der Waals surface area (Å²) in [5.41, 5.74) is -0.130. The molecule has 0 aromatic heterocycles. The van der Waals surface area contributed by atoms with E-state index in [9.17, 15) is 0 Å². The van der Waals surface area contributed by atoms with Crippen molar-refractivity contribution < 1.29 is 9.79 Å². The zero-order chi connectivity index (χ0) is 11.9. The number of benzene rings is 1. The summed E-state index contributed by atoms with van der Waals surface area (Å²) < 4.78 is 0. The lowest BCUT2D eigenvalue weighted by molar-refractivity contribution is 0.503. The van der Waals surface area contributed by atoms with Crippen LogP contribution in [-0.2, 0) is 24.6 Å². The van der Waals surface area contributed by atoms with Gasteiger partial charge in [-0.2, -0.15) is 0 Å². The van der Waals surface area contributed by atoms with Crippen molar-refractivity contribution >= 4 is 29.7 Å². The fourth-order valence-electron chi connectivity index (χ4n) is 1.25. The SMILES string of the molecule is CCc1ccccc1CC.OP(O)(=S)S. The third-order valence-electron chi connectivity index (χ3n) is 1.88. The first-order valence-electron chi connectivity index (χ1n) is 4.73. The van der Waals surface area contributed by atoms with Crippen molar-refractivity contribution in [2.45, 2.75) is 26.7 Å². The third kappa shape index (κ3) is 9.09. The highest BCUT2D eigenvalue weighted by Crippen LogP contribution is 2.39. The van der Waals surface area contributed by atoms with Crippen LogP contribution in [0.1, 0.15) is 25.0 Å². The number of thiol groups is 1. The summed E-state index contributed by atoms with van der Waals surface area (Å²) in [5, 5.41) is 0. The summed E-state index contributed by atoms with van der Waals surface area (Å²) in [6, 6.07) is 8.63. The van der Waals surface area contributed by atoms with E-state index in [0.717, 1.165) is 12.8 Å². The Hall–Kier alpha value is 0.140. The largest absolute Gasteiger partial charge is 0.338 e. The van der Waals surface area contributed by atoms with Crippen LogP contribution in [0.3, 0.4) is 0 Å². The van der Waals surface area contributed by atoms with Gasteiger partial charge in [0.25, 0.3) is 0 Å². The Morgan fingerprint density at radius 3 is 1.60 bits per heavy atom. The molecule has 0 aliphatic heterocycles. The van der Waals surface area contributed by atoms with Gasteiger partial charge in [-0.1, -0.05) is 50.4 Å². The van der Waals surface area contributed by atoms with Gasteiger partial charge in [0.1, 0.15) is 0 Å². The van der Waals surface area contributed by atoms with Crippen LogP contribution < -0.4 is 0 Å². The van der Waals surface area contributed by atoms with E-state index in [0.29, 0.717) is 0 Å². The minimum Gasteiger partial charge on any atom is -0.338 e. The molecule has 0 spiro atoms.